The Morgan fingerprint density at radius 3 is 2.62 bits per heavy atom. The molecule has 0 unspecified atom stereocenters. The van der Waals surface area contributed by atoms with Gasteiger partial charge >= 0.3 is 0 Å². The molecule has 0 radical (unpaired) electrons. The molecular formula is C15H13BrClFN6. The van der Waals surface area contributed by atoms with Gasteiger partial charge in [0.1, 0.15) is 22.6 Å². The van der Waals surface area contributed by atoms with Crippen molar-refractivity contribution in [2.45, 2.75) is 0 Å². The summed E-state index contributed by atoms with van der Waals surface area (Å²) in [7, 11) is 0. The number of aromatic nitrogens is 4. The fourth-order valence-electron chi connectivity index (χ4n) is 2.91. The van der Waals surface area contributed by atoms with E-state index in [1.807, 2.05) is 0 Å². The second-order valence-electron chi connectivity index (χ2n) is 5.51. The zero-order valence-electron chi connectivity index (χ0n) is 12.5. The smallest absolute Gasteiger partial charge is 0.161 e. The van der Waals surface area contributed by atoms with Crippen LogP contribution in [0.1, 0.15) is 0 Å². The minimum Gasteiger partial charge on any atom is -0.368 e. The van der Waals surface area contributed by atoms with E-state index in [9.17, 15) is 4.39 Å². The van der Waals surface area contributed by atoms with Gasteiger partial charge in [-0.05, 0) is 34.1 Å². The predicted molar refractivity (Wildman–Crippen MR) is 95.2 cm³/mol. The van der Waals surface area contributed by atoms with Gasteiger partial charge in [0, 0.05) is 31.9 Å². The first-order valence-corrected chi connectivity index (χ1v) is 8.60. The maximum Gasteiger partial charge on any atom is 0.161 e. The topological polar surface area (TPSA) is 60.9 Å². The first-order chi connectivity index (χ1) is 11.6. The molecule has 1 aliphatic rings. The van der Waals surface area contributed by atoms with Gasteiger partial charge in [0.05, 0.1) is 10.4 Å². The largest absolute Gasteiger partial charge is 0.368 e. The predicted octanol–water partition coefficient (Wildman–Crippen LogP) is 3.23. The molecule has 6 nitrogen and oxygen atoms in total. The molecule has 1 N–H and O–H groups in total. The number of anilines is 2. The summed E-state index contributed by atoms with van der Waals surface area (Å²) in [6, 6.07) is 4.83. The third-order valence-electron chi connectivity index (χ3n) is 4.14. The van der Waals surface area contributed by atoms with Crippen molar-refractivity contribution in [3.8, 4) is 0 Å². The number of aromatic amines is 1. The lowest BCUT2D eigenvalue weighted by Crippen LogP contribution is -2.47. The van der Waals surface area contributed by atoms with Crippen molar-refractivity contribution in [2.24, 2.45) is 0 Å². The van der Waals surface area contributed by atoms with Crippen molar-refractivity contribution >= 4 is 50.1 Å². The molecule has 3 aromatic rings. The van der Waals surface area contributed by atoms with Crippen LogP contribution in [0.15, 0.2) is 29.1 Å². The molecule has 1 saturated heterocycles. The molecule has 24 heavy (non-hydrogen) atoms. The van der Waals surface area contributed by atoms with E-state index in [0.717, 1.165) is 43.1 Å². The summed E-state index contributed by atoms with van der Waals surface area (Å²) >= 11 is 9.32. The van der Waals surface area contributed by atoms with E-state index in [1.165, 1.54) is 12.4 Å². The van der Waals surface area contributed by atoms with Crippen LogP contribution in [0.4, 0.5) is 15.9 Å². The standard InChI is InChI=1S/C15H13BrClFN6/c16-13-12-14(22-21-13)19-8-20-15(12)24-5-3-23(4-6-24)9-1-2-11(18)10(17)7-9/h1-2,7-8H,3-6H2,(H,19,20,21,22). The summed E-state index contributed by atoms with van der Waals surface area (Å²) in [6.07, 6.45) is 1.54. The minimum absolute atomic E-state index is 0.148. The summed E-state index contributed by atoms with van der Waals surface area (Å²) in [5.74, 6) is 0.463. The Morgan fingerprint density at radius 2 is 1.88 bits per heavy atom. The van der Waals surface area contributed by atoms with Crippen LogP contribution in [0, 0.1) is 5.82 Å². The van der Waals surface area contributed by atoms with Crippen LogP contribution in [-0.2, 0) is 0 Å². The number of benzene rings is 1. The van der Waals surface area contributed by atoms with Crippen molar-refractivity contribution in [3.05, 3.63) is 40.0 Å². The van der Waals surface area contributed by atoms with Crippen molar-refractivity contribution < 1.29 is 4.39 Å². The van der Waals surface area contributed by atoms with Gasteiger partial charge in [-0.2, -0.15) is 5.10 Å². The van der Waals surface area contributed by atoms with E-state index in [4.69, 9.17) is 11.6 Å². The summed E-state index contributed by atoms with van der Waals surface area (Å²) in [6.45, 7) is 3.17. The number of hydrogen-bond acceptors (Lipinski definition) is 5. The molecule has 0 bridgehead atoms. The normalized spacial score (nSPS) is 15.3. The highest BCUT2D eigenvalue weighted by atomic mass is 79.9. The summed E-state index contributed by atoms with van der Waals surface area (Å²) in [5, 5.41) is 8.04. The van der Waals surface area contributed by atoms with Gasteiger partial charge < -0.3 is 9.80 Å². The fraction of sp³-hybridized carbons (Fsp3) is 0.267. The van der Waals surface area contributed by atoms with Gasteiger partial charge in [-0.25, -0.2) is 14.4 Å². The Kier molecular flexibility index (Phi) is 4.01. The number of rotatable bonds is 2. The van der Waals surface area contributed by atoms with Crippen molar-refractivity contribution in [1.82, 2.24) is 20.2 Å². The molecule has 9 heteroatoms. The zero-order chi connectivity index (χ0) is 16.7. The molecule has 0 atom stereocenters. The first-order valence-electron chi connectivity index (χ1n) is 7.43. The number of halogens is 3. The van der Waals surface area contributed by atoms with E-state index in [-0.39, 0.29) is 5.02 Å². The number of nitrogens with zero attached hydrogens (tertiary/aromatic N) is 5. The second kappa shape index (κ2) is 6.18. The monoisotopic (exact) mass is 410 g/mol. The number of fused-ring (bicyclic) bond motifs is 1. The third-order valence-corrected chi connectivity index (χ3v) is 5.00. The highest BCUT2D eigenvalue weighted by Crippen LogP contribution is 2.30. The highest BCUT2D eigenvalue weighted by Gasteiger charge is 2.22. The van der Waals surface area contributed by atoms with Gasteiger partial charge in [-0.1, -0.05) is 11.6 Å². The molecule has 2 aromatic heterocycles. The molecule has 1 aromatic carbocycles. The fourth-order valence-corrected chi connectivity index (χ4v) is 3.54. The Labute approximate surface area is 150 Å². The molecule has 0 aliphatic carbocycles. The SMILES string of the molecule is Fc1ccc(N2CCN(c3ncnc4[nH]nc(Br)c34)CC2)cc1Cl. The van der Waals surface area contributed by atoms with Crippen LogP contribution in [0.5, 0.6) is 0 Å². The van der Waals surface area contributed by atoms with Crippen LogP contribution in [0.2, 0.25) is 5.02 Å². The van der Waals surface area contributed by atoms with E-state index >= 15 is 0 Å². The molecule has 0 saturated carbocycles. The van der Waals surface area contributed by atoms with Crippen LogP contribution in [0.25, 0.3) is 11.0 Å². The zero-order valence-corrected chi connectivity index (χ0v) is 14.8. The van der Waals surface area contributed by atoms with Gasteiger partial charge in [0.15, 0.2) is 5.65 Å². The van der Waals surface area contributed by atoms with Gasteiger partial charge in [0.25, 0.3) is 0 Å². The van der Waals surface area contributed by atoms with E-state index in [0.29, 0.717) is 10.3 Å². The lowest BCUT2D eigenvalue weighted by Gasteiger charge is -2.36. The van der Waals surface area contributed by atoms with Crippen molar-refractivity contribution in [3.63, 3.8) is 0 Å². The lowest BCUT2D eigenvalue weighted by atomic mass is 10.2. The Hall–Kier alpha value is -1.93. The van der Waals surface area contributed by atoms with Gasteiger partial charge in [0.2, 0.25) is 0 Å². The van der Waals surface area contributed by atoms with Crippen molar-refractivity contribution in [2.75, 3.05) is 36.0 Å². The third kappa shape index (κ3) is 2.69. The molecule has 0 amide bonds. The Bertz CT molecular complexity index is 893. The molecule has 1 fully saturated rings. The second-order valence-corrected chi connectivity index (χ2v) is 6.67. The molecule has 4 rings (SSSR count). The number of piperazine rings is 1. The summed E-state index contributed by atoms with van der Waals surface area (Å²) in [4.78, 5) is 13.0. The first kappa shape index (κ1) is 15.6. The molecule has 0 spiro atoms. The molecule has 3 heterocycles. The van der Waals surface area contributed by atoms with E-state index in [1.54, 1.807) is 12.1 Å². The minimum atomic E-state index is -0.396. The molecule has 124 valence electrons. The van der Waals surface area contributed by atoms with Gasteiger partial charge in [-0.15, -0.1) is 0 Å². The van der Waals surface area contributed by atoms with Crippen LogP contribution < -0.4 is 9.80 Å². The highest BCUT2D eigenvalue weighted by molar-refractivity contribution is 9.10. The summed E-state index contributed by atoms with van der Waals surface area (Å²) in [5.41, 5.74) is 1.64. The number of nitrogens with one attached hydrogen (secondary N) is 1. The maximum absolute atomic E-state index is 13.3. The Morgan fingerprint density at radius 1 is 1.12 bits per heavy atom. The molecular weight excluding hydrogens is 399 g/mol. The van der Waals surface area contributed by atoms with E-state index in [2.05, 4.69) is 45.9 Å². The maximum atomic E-state index is 13.3. The van der Waals surface area contributed by atoms with E-state index < -0.39 is 5.82 Å². The van der Waals surface area contributed by atoms with Crippen LogP contribution >= 0.6 is 27.5 Å². The van der Waals surface area contributed by atoms with Crippen LogP contribution in [0.3, 0.4) is 0 Å². The summed E-state index contributed by atoms with van der Waals surface area (Å²) < 4.78 is 14.0. The lowest BCUT2D eigenvalue weighted by molar-refractivity contribution is 0.624. The molecule has 1 aliphatic heterocycles. The van der Waals surface area contributed by atoms with Crippen LogP contribution in [-0.4, -0.2) is 46.3 Å². The average Bonchev–Trinajstić information content (AvgIpc) is 2.99. The quantitative estimate of drug-likeness (QED) is 0.701. The number of hydrogen-bond donors (Lipinski definition) is 1. The van der Waals surface area contributed by atoms with Crippen molar-refractivity contribution in [1.29, 1.82) is 0 Å². The van der Waals surface area contributed by atoms with Gasteiger partial charge in [-0.3, -0.25) is 5.10 Å². The number of H-pyrrole nitrogens is 1. The average molecular weight is 412 g/mol. The Balaban J connectivity index is 1.55.